The van der Waals surface area contributed by atoms with Gasteiger partial charge in [0, 0.05) is 18.5 Å². The Morgan fingerprint density at radius 2 is 1.26 bits per heavy atom. The topological polar surface area (TPSA) is 33.1 Å². The van der Waals surface area contributed by atoms with Crippen molar-refractivity contribution < 1.29 is 67.1 Å². The van der Waals surface area contributed by atoms with Gasteiger partial charge in [0.25, 0.3) is 0 Å². The minimum absolute atomic E-state index is 0. The van der Waals surface area contributed by atoms with Crippen LogP contribution in [0, 0.1) is 6.42 Å². The van der Waals surface area contributed by atoms with Gasteiger partial charge >= 0.3 is 24.4 Å². The van der Waals surface area contributed by atoms with Crippen LogP contribution in [0.25, 0.3) is 0 Å². The van der Waals surface area contributed by atoms with Gasteiger partial charge in [-0.25, -0.2) is 0 Å². The van der Waals surface area contributed by atoms with Gasteiger partial charge in [0.15, 0.2) is 0 Å². The molecule has 0 aliphatic heterocycles. The average molecular weight is 477 g/mol. The summed E-state index contributed by atoms with van der Waals surface area (Å²) in [5.41, 5.74) is 0. The predicted octanol–water partition coefficient (Wildman–Crippen LogP) is -13.2. The Hall–Kier alpha value is 1.38. The second-order valence-electron chi connectivity index (χ2n) is 3.12. The van der Waals surface area contributed by atoms with Crippen molar-refractivity contribution in [3.8, 4) is 0 Å². The van der Waals surface area contributed by atoms with Crippen molar-refractivity contribution in [2.24, 2.45) is 0 Å². The van der Waals surface area contributed by atoms with Gasteiger partial charge in [-0.3, -0.25) is 4.98 Å². The normalized spacial score (nSPS) is 11.8. The molecule has 112 valence electrons. The maximum absolute atomic E-state index is 8.89. The molecule has 1 saturated carbocycles. The molecule has 0 spiro atoms. The number of aliphatic hydroxyl groups is 1. The summed E-state index contributed by atoms with van der Waals surface area (Å²) in [7, 11) is 0. The average Bonchev–Trinajstić information content (AvgIpc) is 2.22. The zero-order valence-corrected chi connectivity index (χ0v) is 16.4. The van der Waals surface area contributed by atoms with Crippen molar-refractivity contribution in [1.82, 2.24) is 4.98 Å². The molecule has 1 N–H and O–H groups in total. The first-order valence-electron chi connectivity index (χ1n) is 4.74. The number of hydrogen-bond donors (Lipinski definition) is 1. The molecule has 8 heteroatoms. The number of hydrogen-bond acceptors (Lipinski definition) is 2. The molecule has 2 rings (SSSR count). The molecule has 0 radical (unpaired) electrons. The van der Waals surface area contributed by atoms with Crippen LogP contribution < -0.4 is 62.0 Å². The van der Waals surface area contributed by atoms with E-state index in [0.29, 0.717) is 0 Å². The van der Waals surface area contributed by atoms with Crippen LogP contribution in [0.1, 0.15) is 25.7 Å². The molecule has 1 aromatic rings. The fourth-order valence-electron chi connectivity index (χ4n) is 1.22. The molecule has 2 nitrogen and oxygen atoms in total. The molecule has 0 atom stereocenters. The molecule has 0 bridgehead atoms. The van der Waals surface area contributed by atoms with Crippen molar-refractivity contribution in [3.05, 3.63) is 37.0 Å². The molecule has 1 heterocycles. The van der Waals surface area contributed by atoms with Gasteiger partial charge in [0.1, 0.15) is 0 Å². The fourth-order valence-corrected chi connectivity index (χ4v) is 1.22. The third-order valence-corrected chi connectivity index (χ3v) is 1.97. The van der Waals surface area contributed by atoms with Crippen LogP contribution in [0.15, 0.2) is 30.6 Å². The molecule has 19 heavy (non-hydrogen) atoms. The van der Waals surface area contributed by atoms with Gasteiger partial charge in [-0.05, 0) is 12.1 Å². The zero-order chi connectivity index (χ0) is 9.36. The summed E-state index contributed by atoms with van der Waals surface area (Å²) in [4.78, 5) is 3.78. The second kappa shape index (κ2) is 27.7. The standard InChI is InChI=1S/C6H11O.C5H5N.5ClH.Sb/c7-6-4-2-1-3-5-6;1-2-4-6-5-3-1;;;;;;/h1,6-7H,2-5H2;1-5H;5*1H;/q-1;;;;;;;+5/p-5. The Kier molecular flexibility index (Phi) is 53.9. The molecule has 1 fully saturated rings. The third-order valence-electron chi connectivity index (χ3n) is 1.97. The Labute approximate surface area is 164 Å². The first kappa shape index (κ1) is 37.0. The van der Waals surface area contributed by atoms with E-state index in [1.807, 2.05) is 18.2 Å². The van der Waals surface area contributed by atoms with E-state index >= 15 is 0 Å². The monoisotopic (exact) mass is 474 g/mol. The van der Waals surface area contributed by atoms with Gasteiger partial charge in [-0.2, -0.15) is 12.8 Å². The van der Waals surface area contributed by atoms with Gasteiger partial charge in [-0.1, -0.05) is 18.9 Å². The molecule has 1 aliphatic rings. The predicted molar refractivity (Wildman–Crippen MR) is 58.8 cm³/mol. The summed E-state index contributed by atoms with van der Waals surface area (Å²) in [6, 6.07) is 5.72. The first-order valence-corrected chi connectivity index (χ1v) is 4.74. The third kappa shape index (κ3) is 24.7. The van der Waals surface area contributed by atoms with Crippen LogP contribution in [0.4, 0.5) is 0 Å². The van der Waals surface area contributed by atoms with Crippen LogP contribution >= 0.6 is 0 Å². The molecule has 0 saturated heterocycles. The van der Waals surface area contributed by atoms with Crippen molar-refractivity contribution in [1.29, 1.82) is 0 Å². The Morgan fingerprint density at radius 3 is 1.42 bits per heavy atom. The van der Waals surface area contributed by atoms with Crippen LogP contribution in [-0.4, -0.2) is 40.6 Å². The number of pyridine rings is 1. The summed E-state index contributed by atoms with van der Waals surface area (Å²) < 4.78 is 0. The number of aromatic nitrogens is 1. The molecular weight excluding hydrogens is 461 g/mol. The minimum atomic E-state index is 0. The van der Waals surface area contributed by atoms with E-state index in [4.69, 9.17) is 5.11 Å². The Morgan fingerprint density at radius 1 is 0.842 bits per heavy atom. The van der Waals surface area contributed by atoms with Crippen LogP contribution in [0.5, 0.6) is 0 Å². The smallest absolute Gasteiger partial charge is 1.00 e. The van der Waals surface area contributed by atoms with Crippen molar-refractivity contribution in [2.45, 2.75) is 31.8 Å². The van der Waals surface area contributed by atoms with E-state index in [0.717, 1.165) is 25.7 Å². The summed E-state index contributed by atoms with van der Waals surface area (Å²) >= 11 is 0. The maximum Gasteiger partial charge on any atom is 5.00 e. The van der Waals surface area contributed by atoms with E-state index in [1.54, 1.807) is 12.4 Å². The number of nitrogens with zero attached hydrogens (tertiary/aromatic N) is 1. The molecule has 1 aromatic heterocycles. The van der Waals surface area contributed by atoms with E-state index in [1.165, 1.54) is 0 Å². The largest absolute Gasteiger partial charge is 5.00 e. The van der Waals surface area contributed by atoms with Crippen molar-refractivity contribution in [3.63, 3.8) is 0 Å². The molecule has 0 amide bonds. The van der Waals surface area contributed by atoms with Crippen molar-refractivity contribution >= 4 is 24.4 Å². The van der Waals surface area contributed by atoms with Crippen molar-refractivity contribution in [2.75, 3.05) is 0 Å². The zero-order valence-electron chi connectivity index (χ0n) is 10.1. The SMILES string of the molecule is OC1CC[CH-]CC1.[Cl-].[Cl-].[Cl-].[Cl-].[Cl-].[Sb+5].c1ccncc1. The van der Waals surface area contributed by atoms with E-state index < -0.39 is 0 Å². The Bertz CT molecular complexity index is 189. The van der Waals surface area contributed by atoms with E-state index in [-0.39, 0.29) is 92.6 Å². The fraction of sp³-hybridized carbons (Fsp3) is 0.455. The maximum atomic E-state index is 8.89. The summed E-state index contributed by atoms with van der Waals surface area (Å²) in [6.07, 6.45) is 9.94. The quantitative estimate of drug-likeness (QED) is 0.298. The van der Waals surface area contributed by atoms with Crippen LogP contribution in [-0.2, 0) is 0 Å². The van der Waals surface area contributed by atoms with Gasteiger partial charge in [0.05, 0.1) is 0 Å². The number of halogens is 5. The first-order chi connectivity index (χ1) is 6.39. The molecular formula is C11H16Cl5NOSb-. The summed E-state index contributed by atoms with van der Waals surface area (Å²) in [5.74, 6) is 0. The minimum Gasteiger partial charge on any atom is -1.00 e. The summed E-state index contributed by atoms with van der Waals surface area (Å²) in [5, 5.41) is 8.89. The van der Waals surface area contributed by atoms with Crippen LogP contribution in [0.2, 0.25) is 0 Å². The summed E-state index contributed by atoms with van der Waals surface area (Å²) in [6.45, 7) is 0. The molecule has 0 unspecified atom stereocenters. The number of rotatable bonds is 0. The number of aliphatic hydroxyl groups excluding tert-OH is 1. The second-order valence-corrected chi connectivity index (χ2v) is 3.12. The van der Waals surface area contributed by atoms with Gasteiger partial charge < -0.3 is 73.6 Å². The Balaban J connectivity index is -0.0000000340. The van der Waals surface area contributed by atoms with Crippen LogP contribution in [0.3, 0.4) is 0 Å². The molecule has 0 aromatic carbocycles. The molecule has 1 aliphatic carbocycles. The van der Waals surface area contributed by atoms with Gasteiger partial charge in [0.2, 0.25) is 0 Å². The van der Waals surface area contributed by atoms with E-state index in [9.17, 15) is 0 Å². The van der Waals surface area contributed by atoms with Gasteiger partial charge in [-0.15, -0.1) is 0 Å². The van der Waals surface area contributed by atoms with E-state index in [2.05, 4.69) is 11.4 Å².